The number of aliphatic imine (C=N–C) groups is 1. The maximum Gasteiger partial charge on any atom is 0.416 e. The SMILES string of the molecule is [B]c1cc(S(=C)(=O)NC2CCCC(=NCC(=O)OCC)C2=CN)cnc1Oc1ccc(C(F)(F)F)cc1. The summed E-state index contributed by atoms with van der Waals surface area (Å²) in [6, 6.07) is 4.98. The van der Waals surface area contributed by atoms with E-state index in [2.05, 4.69) is 20.6 Å². The molecule has 1 heterocycles. The Hall–Kier alpha value is -3.32. The zero-order valence-electron chi connectivity index (χ0n) is 20.1. The predicted molar refractivity (Wildman–Crippen MR) is 137 cm³/mol. The van der Waals surface area contributed by atoms with Crippen LogP contribution in [-0.2, 0) is 25.4 Å². The Bertz CT molecular complexity index is 1300. The molecule has 8 nitrogen and oxygen atoms in total. The topological polar surface area (TPSA) is 116 Å². The first-order valence-corrected chi connectivity index (χ1v) is 13.0. The number of halogens is 3. The predicted octanol–water partition coefficient (Wildman–Crippen LogP) is 2.67. The minimum Gasteiger partial charge on any atom is -0.465 e. The third-order valence-electron chi connectivity index (χ3n) is 5.46. The van der Waals surface area contributed by atoms with Gasteiger partial charge < -0.3 is 15.2 Å². The van der Waals surface area contributed by atoms with Crippen molar-refractivity contribution in [3.8, 4) is 11.6 Å². The minimum absolute atomic E-state index is 0.0190. The average molecular weight is 534 g/mol. The van der Waals surface area contributed by atoms with Gasteiger partial charge in [0.2, 0.25) is 5.88 Å². The van der Waals surface area contributed by atoms with Gasteiger partial charge in [0.15, 0.2) is 0 Å². The van der Waals surface area contributed by atoms with Crippen molar-refractivity contribution in [3.05, 3.63) is 53.9 Å². The number of hydrogen-bond donors (Lipinski definition) is 2. The van der Waals surface area contributed by atoms with Crippen molar-refractivity contribution in [2.45, 2.75) is 43.3 Å². The van der Waals surface area contributed by atoms with Crippen LogP contribution in [0.15, 0.2) is 58.2 Å². The molecule has 1 aliphatic rings. The largest absolute Gasteiger partial charge is 0.465 e. The van der Waals surface area contributed by atoms with Gasteiger partial charge in [-0.3, -0.25) is 9.79 Å². The molecule has 0 bridgehead atoms. The number of rotatable bonds is 8. The van der Waals surface area contributed by atoms with Crippen molar-refractivity contribution >= 4 is 40.6 Å². The van der Waals surface area contributed by atoms with E-state index in [1.54, 1.807) is 6.92 Å². The van der Waals surface area contributed by atoms with Crippen molar-refractivity contribution < 1.29 is 31.6 Å². The summed E-state index contributed by atoms with van der Waals surface area (Å²) in [6.45, 7) is 1.81. The third kappa shape index (κ3) is 7.36. The number of alkyl halides is 3. The molecule has 2 unspecified atom stereocenters. The summed E-state index contributed by atoms with van der Waals surface area (Å²) < 4.78 is 65.1. The molecular weight excluding hydrogens is 508 g/mol. The summed E-state index contributed by atoms with van der Waals surface area (Å²) in [7, 11) is 2.91. The number of esters is 1. The number of ether oxygens (including phenoxy) is 2. The molecular formula is C24H26BF3N4O4S. The van der Waals surface area contributed by atoms with Crippen LogP contribution in [-0.4, -0.2) is 53.8 Å². The van der Waals surface area contributed by atoms with Gasteiger partial charge in [0.05, 0.1) is 26.8 Å². The number of hydrogen-bond acceptors (Lipinski definition) is 7. The van der Waals surface area contributed by atoms with Crippen LogP contribution < -0.4 is 20.7 Å². The molecule has 2 aromatic rings. The number of pyridine rings is 1. The molecule has 3 rings (SSSR count). The van der Waals surface area contributed by atoms with Crippen LogP contribution >= 0.6 is 0 Å². The van der Waals surface area contributed by atoms with E-state index in [1.807, 2.05) is 0 Å². The molecule has 37 heavy (non-hydrogen) atoms. The fraction of sp³-hybridized carbons (Fsp3) is 0.333. The molecule has 1 aliphatic carbocycles. The molecule has 3 N–H and O–H groups in total. The monoisotopic (exact) mass is 534 g/mol. The maximum absolute atomic E-state index is 13.5. The maximum atomic E-state index is 13.5. The lowest BCUT2D eigenvalue weighted by molar-refractivity contribution is -0.141. The van der Waals surface area contributed by atoms with Crippen LogP contribution in [0.5, 0.6) is 11.6 Å². The number of benzene rings is 1. The summed E-state index contributed by atoms with van der Waals surface area (Å²) >= 11 is 0. The molecule has 0 aliphatic heterocycles. The molecule has 0 spiro atoms. The summed E-state index contributed by atoms with van der Waals surface area (Å²) in [5.41, 5.74) is 6.26. The van der Waals surface area contributed by atoms with E-state index >= 15 is 0 Å². The second-order valence-electron chi connectivity index (χ2n) is 8.12. The standard InChI is InChI=1S/C24H26BF3N4O4S/c1-3-35-22(33)14-30-20-5-4-6-21(18(20)12-29)32-37(2,34)17-11-19(25)23(31-13-17)36-16-9-7-15(8-10-16)24(26,27)28/h7-13,21H,2-6,14,29H2,1H3,(H,32,34). The van der Waals surface area contributed by atoms with E-state index in [9.17, 15) is 22.2 Å². The summed E-state index contributed by atoms with van der Waals surface area (Å²) in [5.74, 6) is 3.39. The van der Waals surface area contributed by atoms with Gasteiger partial charge in [-0.05, 0) is 67.9 Å². The summed E-state index contributed by atoms with van der Waals surface area (Å²) in [6.07, 6.45) is 0.0814. The molecule has 196 valence electrons. The Morgan fingerprint density at radius 1 is 1.38 bits per heavy atom. The number of nitrogens with two attached hydrogens (primary N) is 1. The molecule has 1 aromatic carbocycles. The van der Waals surface area contributed by atoms with Gasteiger partial charge in [-0.15, -0.1) is 0 Å². The highest BCUT2D eigenvalue weighted by molar-refractivity contribution is 7.98. The number of nitrogens with zero attached hydrogens (tertiary/aromatic N) is 2. The summed E-state index contributed by atoms with van der Waals surface area (Å²) in [4.78, 5) is 20.3. The normalized spacial score (nSPS) is 19.9. The van der Waals surface area contributed by atoms with Gasteiger partial charge in [-0.2, -0.15) is 13.2 Å². The first-order chi connectivity index (χ1) is 17.4. The van der Waals surface area contributed by atoms with Gasteiger partial charge in [-0.1, -0.05) is 0 Å². The lowest BCUT2D eigenvalue weighted by Gasteiger charge is -2.29. The van der Waals surface area contributed by atoms with E-state index in [0.29, 0.717) is 30.5 Å². The lowest BCUT2D eigenvalue weighted by atomic mass is 9.89. The molecule has 1 fully saturated rings. The fourth-order valence-corrected chi connectivity index (χ4v) is 5.06. The van der Waals surface area contributed by atoms with E-state index in [-0.39, 0.29) is 35.1 Å². The second-order valence-corrected chi connectivity index (χ2v) is 10.2. The van der Waals surface area contributed by atoms with Crippen molar-refractivity contribution in [3.63, 3.8) is 0 Å². The lowest BCUT2D eigenvalue weighted by Crippen LogP contribution is -2.41. The van der Waals surface area contributed by atoms with E-state index < -0.39 is 33.5 Å². The van der Waals surface area contributed by atoms with E-state index in [0.717, 1.165) is 24.3 Å². The molecule has 13 heteroatoms. The Morgan fingerprint density at radius 3 is 2.68 bits per heavy atom. The van der Waals surface area contributed by atoms with Crippen LogP contribution in [0.4, 0.5) is 13.2 Å². The first kappa shape index (κ1) is 28.3. The molecule has 0 amide bonds. The number of nitrogens with one attached hydrogen (secondary N) is 1. The highest BCUT2D eigenvalue weighted by Crippen LogP contribution is 2.31. The third-order valence-corrected chi connectivity index (χ3v) is 7.11. The zero-order chi connectivity index (χ0) is 27.2. The zero-order valence-corrected chi connectivity index (χ0v) is 20.9. The molecule has 0 saturated heterocycles. The van der Waals surface area contributed by atoms with E-state index in [1.165, 1.54) is 18.5 Å². The van der Waals surface area contributed by atoms with Gasteiger partial charge in [0, 0.05) is 29.7 Å². The van der Waals surface area contributed by atoms with Gasteiger partial charge in [0.1, 0.15) is 20.1 Å². The van der Waals surface area contributed by atoms with Crippen molar-refractivity contribution in [2.24, 2.45) is 10.7 Å². The van der Waals surface area contributed by atoms with Crippen LogP contribution in [0.3, 0.4) is 0 Å². The molecule has 2 atom stereocenters. The number of carbonyl (C=O) groups excluding carboxylic acids is 1. The Labute approximate surface area is 214 Å². The Kier molecular flexibility index (Phi) is 9.03. The van der Waals surface area contributed by atoms with Crippen LogP contribution in [0, 0.1) is 0 Å². The quantitative estimate of drug-likeness (QED) is 0.306. The fourth-order valence-electron chi connectivity index (χ4n) is 3.68. The van der Waals surface area contributed by atoms with Gasteiger partial charge in [-0.25, -0.2) is 13.9 Å². The van der Waals surface area contributed by atoms with Gasteiger partial charge in [0.25, 0.3) is 0 Å². The first-order valence-electron chi connectivity index (χ1n) is 11.3. The highest BCUT2D eigenvalue weighted by atomic mass is 32.2. The second kappa shape index (κ2) is 11.8. The molecule has 2 radical (unpaired) electrons. The van der Waals surface area contributed by atoms with Crippen molar-refractivity contribution in [2.75, 3.05) is 13.2 Å². The Balaban J connectivity index is 1.74. The summed E-state index contributed by atoms with van der Waals surface area (Å²) in [5, 5.41) is 0. The van der Waals surface area contributed by atoms with Crippen molar-refractivity contribution in [1.29, 1.82) is 0 Å². The van der Waals surface area contributed by atoms with Gasteiger partial charge >= 0.3 is 12.1 Å². The minimum atomic E-state index is -4.47. The van der Waals surface area contributed by atoms with Crippen LogP contribution in [0.25, 0.3) is 0 Å². The van der Waals surface area contributed by atoms with Crippen LogP contribution in [0.1, 0.15) is 31.7 Å². The molecule has 1 saturated carbocycles. The Morgan fingerprint density at radius 2 is 2.08 bits per heavy atom. The molecule has 1 aromatic heterocycles. The average Bonchev–Trinajstić information content (AvgIpc) is 2.83. The number of carbonyl (C=O) groups is 1. The van der Waals surface area contributed by atoms with Crippen LogP contribution in [0.2, 0.25) is 0 Å². The van der Waals surface area contributed by atoms with Crippen molar-refractivity contribution in [1.82, 2.24) is 9.71 Å². The highest BCUT2D eigenvalue weighted by Gasteiger charge is 2.30. The smallest absolute Gasteiger partial charge is 0.416 e. The van der Waals surface area contributed by atoms with E-state index in [4.69, 9.17) is 23.1 Å². The number of aromatic nitrogens is 1.